The van der Waals surface area contributed by atoms with Crippen LogP contribution in [0, 0.1) is 0 Å². The minimum atomic E-state index is 0. The van der Waals surface area contributed by atoms with E-state index in [0.717, 1.165) is 32.6 Å². The van der Waals surface area contributed by atoms with Crippen molar-refractivity contribution < 1.29 is 4.74 Å². The second-order valence-electron chi connectivity index (χ2n) is 6.47. The van der Waals surface area contributed by atoms with Crippen LogP contribution in [0.2, 0.25) is 0 Å². The van der Waals surface area contributed by atoms with Crippen molar-refractivity contribution >= 4 is 24.8 Å². The number of halogens is 2. The highest BCUT2D eigenvalue weighted by atomic mass is 35.5. The van der Waals surface area contributed by atoms with Gasteiger partial charge in [-0.3, -0.25) is 4.90 Å². The average molecular weight is 381 g/mol. The van der Waals surface area contributed by atoms with E-state index in [2.05, 4.69) is 64.8 Å². The van der Waals surface area contributed by atoms with E-state index in [9.17, 15) is 0 Å². The molecular formula is C20H26Cl2N2O. The molecule has 2 aliphatic rings. The first-order chi connectivity index (χ1) is 11.4. The molecule has 1 saturated heterocycles. The molecule has 1 aliphatic heterocycles. The van der Waals surface area contributed by atoms with Crippen molar-refractivity contribution in [3.8, 4) is 0 Å². The average Bonchev–Trinajstić information content (AvgIpc) is 3.00. The smallest absolute Gasteiger partial charge is 0.0816 e. The normalized spacial score (nSPS) is 22.6. The first kappa shape index (κ1) is 20.2. The summed E-state index contributed by atoms with van der Waals surface area (Å²) in [6.45, 7) is 5.05. The molecule has 0 saturated carbocycles. The third kappa shape index (κ3) is 4.55. The van der Waals surface area contributed by atoms with Crippen molar-refractivity contribution in [1.29, 1.82) is 0 Å². The van der Waals surface area contributed by atoms with E-state index < -0.39 is 0 Å². The number of rotatable bonds is 4. The lowest BCUT2D eigenvalue weighted by Gasteiger charge is -2.36. The van der Waals surface area contributed by atoms with E-state index in [0.29, 0.717) is 12.6 Å². The van der Waals surface area contributed by atoms with Gasteiger partial charge < -0.3 is 10.1 Å². The highest BCUT2D eigenvalue weighted by molar-refractivity contribution is 5.85. The highest BCUT2D eigenvalue weighted by Gasteiger charge is 2.37. The number of ether oxygens (including phenoxy) is 1. The highest BCUT2D eigenvalue weighted by Crippen LogP contribution is 2.38. The van der Waals surface area contributed by atoms with Gasteiger partial charge in [0.15, 0.2) is 0 Å². The van der Waals surface area contributed by atoms with Gasteiger partial charge in [0.1, 0.15) is 0 Å². The molecule has 5 heteroatoms. The predicted octanol–water partition coefficient (Wildman–Crippen LogP) is 3.62. The summed E-state index contributed by atoms with van der Waals surface area (Å²) in [5.41, 5.74) is 4.17. The summed E-state index contributed by atoms with van der Waals surface area (Å²) in [6, 6.07) is 19.7. The second-order valence-corrected chi connectivity index (χ2v) is 6.47. The Hall–Kier alpha value is -1.10. The van der Waals surface area contributed by atoms with Crippen molar-refractivity contribution in [2.24, 2.45) is 0 Å². The maximum absolute atomic E-state index is 6.38. The lowest BCUT2D eigenvalue weighted by Crippen LogP contribution is -2.47. The lowest BCUT2D eigenvalue weighted by atomic mass is 10.1. The zero-order valence-electron chi connectivity index (χ0n) is 14.3. The van der Waals surface area contributed by atoms with Gasteiger partial charge in [0, 0.05) is 32.6 Å². The van der Waals surface area contributed by atoms with Crippen LogP contribution < -0.4 is 5.32 Å². The summed E-state index contributed by atoms with van der Waals surface area (Å²) in [5.74, 6) is 0. The number of nitrogens with zero attached hydrogens (tertiary/aromatic N) is 1. The Bertz CT molecular complexity index is 647. The molecule has 0 spiro atoms. The standard InChI is InChI=1S/C20H24N2O.2ClH/c1-2-6-16(7-3-1)15-23-19-14-17-8-4-5-9-18(17)20(19)22-12-10-21-11-13-22;;/h1-9,19-21H,10-15H2;2*1H/t19-,20+;;/m1../s1. The molecule has 4 rings (SSSR count). The number of piperazine rings is 1. The topological polar surface area (TPSA) is 24.5 Å². The van der Waals surface area contributed by atoms with Gasteiger partial charge >= 0.3 is 0 Å². The molecule has 2 atom stereocenters. The molecule has 2 aromatic carbocycles. The molecule has 1 N–H and O–H groups in total. The van der Waals surface area contributed by atoms with E-state index in [4.69, 9.17) is 4.74 Å². The van der Waals surface area contributed by atoms with Gasteiger partial charge in [-0.05, 0) is 16.7 Å². The van der Waals surface area contributed by atoms with Crippen molar-refractivity contribution in [2.45, 2.75) is 25.2 Å². The van der Waals surface area contributed by atoms with Gasteiger partial charge in [-0.1, -0.05) is 54.6 Å². The summed E-state index contributed by atoms with van der Waals surface area (Å²) in [7, 11) is 0. The van der Waals surface area contributed by atoms with Gasteiger partial charge in [-0.25, -0.2) is 0 Å². The SMILES string of the molecule is Cl.Cl.c1ccc(CO[C@@H]2Cc3ccccc3[C@@H]2N2CCNCC2)cc1. The van der Waals surface area contributed by atoms with E-state index in [1.54, 1.807) is 0 Å². The zero-order chi connectivity index (χ0) is 15.5. The van der Waals surface area contributed by atoms with Crippen molar-refractivity contribution in [2.75, 3.05) is 26.2 Å². The third-order valence-corrected chi connectivity index (χ3v) is 5.00. The number of benzene rings is 2. The lowest BCUT2D eigenvalue weighted by molar-refractivity contribution is -0.0188. The Kier molecular flexibility index (Phi) is 7.73. The van der Waals surface area contributed by atoms with Crippen molar-refractivity contribution in [1.82, 2.24) is 10.2 Å². The van der Waals surface area contributed by atoms with Gasteiger partial charge in [0.25, 0.3) is 0 Å². The molecule has 3 nitrogen and oxygen atoms in total. The number of nitrogens with one attached hydrogen (secondary N) is 1. The fourth-order valence-electron chi connectivity index (χ4n) is 3.86. The minimum absolute atomic E-state index is 0. The Morgan fingerprint density at radius 2 is 1.60 bits per heavy atom. The summed E-state index contributed by atoms with van der Waals surface area (Å²) < 4.78 is 6.38. The zero-order valence-corrected chi connectivity index (χ0v) is 15.9. The van der Waals surface area contributed by atoms with Gasteiger partial charge in [-0.2, -0.15) is 0 Å². The largest absolute Gasteiger partial charge is 0.371 e. The summed E-state index contributed by atoms with van der Waals surface area (Å²) in [4.78, 5) is 2.60. The Balaban J connectivity index is 0.00000113. The predicted molar refractivity (Wildman–Crippen MR) is 107 cm³/mol. The first-order valence-electron chi connectivity index (χ1n) is 8.60. The van der Waals surface area contributed by atoms with E-state index in [-0.39, 0.29) is 30.9 Å². The van der Waals surface area contributed by atoms with Gasteiger partial charge in [0.05, 0.1) is 18.8 Å². The Morgan fingerprint density at radius 1 is 0.920 bits per heavy atom. The fourth-order valence-corrected chi connectivity index (χ4v) is 3.86. The maximum Gasteiger partial charge on any atom is 0.0816 e. The Morgan fingerprint density at radius 3 is 2.36 bits per heavy atom. The van der Waals surface area contributed by atoms with Crippen LogP contribution in [0.5, 0.6) is 0 Å². The van der Waals surface area contributed by atoms with E-state index >= 15 is 0 Å². The summed E-state index contributed by atoms with van der Waals surface area (Å²) in [6.07, 6.45) is 1.28. The Labute approximate surface area is 162 Å². The monoisotopic (exact) mass is 380 g/mol. The maximum atomic E-state index is 6.38. The fraction of sp³-hybridized carbons (Fsp3) is 0.400. The van der Waals surface area contributed by atoms with Crippen LogP contribution in [-0.4, -0.2) is 37.2 Å². The van der Waals surface area contributed by atoms with E-state index in [1.807, 2.05) is 0 Å². The van der Waals surface area contributed by atoms with Crippen LogP contribution in [0.1, 0.15) is 22.7 Å². The van der Waals surface area contributed by atoms with Crippen LogP contribution in [-0.2, 0) is 17.8 Å². The molecule has 1 fully saturated rings. The molecule has 1 heterocycles. The number of hydrogen-bond donors (Lipinski definition) is 1. The second kappa shape index (κ2) is 9.56. The van der Waals surface area contributed by atoms with Gasteiger partial charge in [0.2, 0.25) is 0 Å². The van der Waals surface area contributed by atoms with Crippen LogP contribution in [0.15, 0.2) is 54.6 Å². The molecule has 0 aromatic heterocycles. The van der Waals surface area contributed by atoms with Crippen LogP contribution >= 0.6 is 24.8 Å². The molecular weight excluding hydrogens is 355 g/mol. The van der Waals surface area contributed by atoms with Crippen LogP contribution in [0.3, 0.4) is 0 Å². The molecule has 0 unspecified atom stereocenters. The molecule has 0 amide bonds. The minimum Gasteiger partial charge on any atom is -0.371 e. The molecule has 2 aromatic rings. The van der Waals surface area contributed by atoms with Crippen LogP contribution in [0.4, 0.5) is 0 Å². The summed E-state index contributed by atoms with van der Waals surface area (Å²) >= 11 is 0. The van der Waals surface area contributed by atoms with E-state index in [1.165, 1.54) is 16.7 Å². The van der Waals surface area contributed by atoms with Crippen molar-refractivity contribution in [3.05, 3.63) is 71.3 Å². The van der Waals surface area contributed by atoms with Crippen LogP contribution in [0.25, 0.3) is 0 Å². The quantitative estimate of drug-likeness (QED) is 0.876. The van der Waals surface area contributed by atoms with Crippen molar-refractivity contribution in [3.63, 3.8) is 0 Å². The molecule has 136 valence electrons. The summed E-state index contributed by atoms with van der Waals surface area (Å²) in [5, 5.41) is 3.45. The number of fused-ring (bicyclic) bond motifs is 1. The first-order valence-corrected chi connectivity index (χ1v) is 8.60. The third-order valence-electron chi connectivity index (χ3n) is 5.00. The number of hydrogen-bond acceptors (Lipinski definition) is 3. The van der Waals surface area contributed by atoms with Gasteiger partial charge in [-0.15, -0.1) is 24.8 Å². The molecule has 0 radical (unpaired) electrons. The molecule has 0 bridgehead atoms. The molecule has 1 aliphatic carbocycles. The molecule has 25 heavy (non-hydrogen) atoms.